The topological polar surface area (TPSA) is 48.5 Å². The first kappa shape index (κ1) is 18.0. The Hall–Kier alpha value is -1.76. The smallest absolute Gasteiger partial charge is 0.244 e. The predicted octanol–water partition coefficient (Wildman–Crippen LogP) is 2.45. The molecule has 1 aromatic heterocycles. The van der Waals surface area contributed by atoms with E-state index in [1.165, 1.54) is 0 Å². The Morgan fingerprint density at radius 3 is 2.80 bits per heavy atom. The van der Waals surface area contributed by atoms with Gasteiger partial charge < -0.3 is 10.2 Å². The third kappa shape index (κ3) is 4.87. The van der Waals surface area contributed by atoms with E-state index in [9.17, 15) is 4.79 Å². The molecule has 1 fully saturated rings. The zero-order chi connectivity index (χ0) is 17.6. The molecule has 1 saturated heterocycles. The van der Waals surface area contributed by atoms with E-state index in [-0.39, 0.29) is 5.91 Å². The quantitative estimate of drug-likeness (QED) is 0.806. The number of nitrogens with one attached hydrogen (secondary N) is 1. The van der Waals surface area contributed by atoms with E-state index in [0.29, 0.717) is 12.6 Å². The molecule has 0 spiro atoms. The van der Waals surface area contributed by atoms with Gasteiger partial charge in [0.15, 0.2) is 0 Å². The van der Waals surface area contributed by atoms with Gasteiger partial charge in [-0.3, -0.25) is 9.69 Å². The number of benzene rings is 1. The number of likely N-dealkylation sites (N-methyl/N-ethyl adjacent to an activating group) is 1. The Balaban J connectivity index is 1.51. The van der Waals surface area contributed by atoms with Crippen LogP contribution in [0.5, 0.6) is 0 Å². The van der Waals surface area contributed by atoms with Gasteiger partial charge in [-0.25, -0.2) is 4.98 Å². The lowest BCUT2D eigenvalue weighted by molar-refractivity contribution is -0.116. The van der Waals surface area contributed by atoms with Crippen molar-refractivity contribution < 1.29 is 4.79 Å². The average Bonchev–Trinajstić information content (AvgIpc) is 3.05. The molecule has 1 unspecified atom stereocenters. The van der Waals surface area contributed by atoms with Crippen LogP contribution in [0, 0.1) is 0 Å². The van der Waals surface area contributed by atoms with Crippen molar-refractivity contribution >= 4 is 33.5 Å². The van der Waals surface area contributed by atoms with E-state index >= 15 is 0 Å². The third-order valence-corrected chi connectivity index (χ3v) is 5.73. The van der Waals surface area contributed by atoms with Crippen LogP contribution in [0.15, 0.2) is 30.3 Å². The minimum absolute atomic E-state index is 0.0492. The van der Waals surface area contributed by atoms with Crippen LogP contribution < -0.4 is 5.32 Å². The van der Waals surface area contributed by atoms with Gasteiger partial charge in [-0.1, -0.05) is 19.1 Å². The summed E-state index contributed by atoms with van der Waals surface area (Å²) in [7, 11) is 2.16. The number of nitrogens with zero attached hydrogens (tertiary/aromatic N) is 3. The summed E-state index contributed by atoms with van der Waals surface area (Å²) < 4.78 is 1.14. The fraction of sp³-hybridized carbons (Fsp3) is 0.474. The summed E-state index contributed by atoms with van der Waals surface area (Å²) in [6, 6.07) is 8.43. The van der Waals surface area contributed by atoms with Crippen LogP contribution in [-0.4, -0.2) is 66.5 Å². The van der Waals surface area contributed by atoms with Crippen LogP contribution >= 0.6 is 11.3 Å². The normalized spacial score (nSPS) is 18.0. The van der Waals surface area contributed by atoms with Crippen LogP contribution in [0.25, 0.3) is 16.3 Å². The molecule has 6 heteroatoms. The van der Waals surface area contributed by atoms with Crippen LogP contribution in [0.3, 0.4) is 0 Å². The Labute approximate surface area is 153 Å². The molecule has 1 N–H and O–H groups in total. The van der Waals surface area contributed by atoms with E-state index in [1.54, 1.807) is 23.5 Å². The molecule has 0 aliphatic carbocycles. The fourth-order valence-corrected chi connectivity index (χ4v) is 3.97. The van der Waals surface area contributed by atoms with Crippen molar-refractivity contribution in [2.24, 2.45) is 0 Å². The van der Waals surface area contributed by atoms with Gasteiger partial charge >= 0.3 is 0 Å². The Kier molecular flexibility index (Phi) is 6.18. The summed E-state index contributed by atoms with van der Waals surface area (Å²) in [5, 5.41) is 3.91. The van der Waals surface area contributed by atoms with E-state index in [0.717, 1.165) is 47.8 Å². The highest BCUT2D eigenvalue weighted by molar-refractivity contribution is 7.19. The number of carbonyl (C=O) groups is 1. The fourth-order valence-electron chi connectivity index (χ4n) is 3.10. The number of carbonyl (C=O) groups excluding carboxylic acids is 1. The Bertz CT molecular complexity index is 701. The molecule has 1 aromatic carbocycles. The molecule has 0 radical (unpaired) electrons. The standard InChI is InChI=1S/C19H26N4OS/c1-3-15(23-12-10-22(2)11-13-23)14-20-18(24)8-9-19-21-16-6-4-5-7-17(16)25-19/h4-9,15H,3,10-14H2,1-2H3,(H,20,24)/b9-8+. The highest BCUT2D eigenvalue weighted by atomic mass is 32.1. The lowest BCUT2D eigenvalue weighted by atomic mass is 10.1. The summed E-state index contributed by atoms with van der Waals surface area (Å²) in [6.45, 7) is 7.23. The van der Waals surface area contributed by atoms with Crippen molar-refractivity contribution in [3.05, 3.63) is 35.3 Å². The first-order chi connectivity index (χ1) is 12.2. The molecule has 2 aromatic rings. The maximum absolute atomic E-state index is 12.1. The molecular formula is C19H26N4OS. The molecule has 0 bridgehead atoms. The number of hydrogen-bond donors (Lipinski definition) is 1. The minimum atomic E-state index is -0.0492. The van der Waals surface area contributed by atoms with Gasteiger partial charge in [0, 0.05) is 44.8 Å². The highest BCUT2D eigenvalue weighted by Crippen LogP contribution is 2.22. The number of hydrogen-bond acceptors (Lipinski definition) is 5. The lowest BCUT2D eigenvalue weighted by Crippen LogP contribution is -2.52. The summed E-state index contributed by atoms with van der Waals surface area (Å²) in [5.41, 5.74) is 0.980. The molecule has 1 atom stereocenters. The molecule has 1 amide bonds. The number of aromatic nitrogens is 1. The first-order valence-corrected chi connectivity index (χ1v) is 9.71. The number of thiazole rings is 1. The second-order valence-corrected chi connectivity index (χ2v) is 7.56. The SMILES string of the molecule is CCC(CNC(=O)/C=C/c1nc2ccccc2s1)N1CCN(C)CC1. The van der Waals surface area contributed by atoms with E-state index < -0.39 is 0 Å². The molecule has 2 heterocycles. The minimum Gasteiger partial charge on any atom is -0.351 e. The molecule has 25 heavy (non-hydrogen) atoms. The monoisotopic (exact) mass is 358 g/mol. The molecule has 1 aliphatic heterocycles. The van der Waals surface area contributed by atoms with Crippen molar-refractivity contribution in [2.45, 2.75) is 19.4 Å². The Morgan fingerprint density at radius 1 is 1.32 bits per heavy atom. The van der Waals surface area contributed by atoms with Crippen molar-refractivity contribution in [1.82, 2.24) is 20.1 Å². The predicted molar refractivity (Wildman–Crippen MR) is 105 cm³/mol. The average molecular weight is 359 g/mol. The van der Waals surface area contributed by atoms with Crippen molar-refractivity contribution in [3.8, 4) is 0 Å². The molecule has 134 valence electrons. The van der Waals surface area contributed by atoms with Crippen molar-refractivity contribution in [3.63, 3.8) is 0 Å². The summed E-state index contributed by atoms with van der Waals surface area (Å²) in [4.78, 5) is 21.5. The maximum Gasteiger partial charge on any atom is 0.244 e. The molecule has 3 rings (SSSR count). The van der Waals surface area contributed by atoms with Crippen LogP contribution in [0.4, 0.5) is 0 Å². The molecule has 1 aliphatic rings. The second-order valence-electron chi connectivity index (χ2n) is 6.50. The van der Waals surface area contributed by atoms with Crippen molar-refractivity contribution in [2.75, 3.05) is 39.8 Å². The van der Waals surface area contributed by atoms with E-state index in [4.69, 9.17) is 0 Å². The van der Waals surface area contributed by atoms with Gasteiger partial charge in [-0.05, 0) is 31.7 Å². The zero-order valence-electron chi connectivity index (χ0n) is 14.9. The molecular weight excluding hydrogens is 332 g/mol. The Morgan fingerprint density at radius 2 is 2.08 bits per heavy atom. The van der Waals surface area contributed by atoms with Gasteiger partial charge in [0.2, 0.25) is 5.91 Å². The number of para-hydroxylation sites is 1. The van der Waals surface area contributed by atoms with Crippen LogP contribution in [0.1, 0.15) is 18.4 Å². The number of fused-ring (bicyclic) bond motifs is 1. The summed E-state index contributed by atoms with van der Waals surface area (Å²) in [6.07, 6.45) is 4.44. The number of rotatable bonds is 6. The number of amides is 1. The van der Waals surface area contributed by atoms with Gasteiger partial charge in [0.1, 0.15) is 5.01 Å². The van der Waals surface area contributed by atoms with Gasteiger partial charge in [0.25, 0.3) is 0 Å². The lowest BCUT2D eigenvalue weighted by Gasteiger charge is -2.37. The van der Waals surface area contributed by atoms with Crippen LogP contribution in [-0.2, 0) is 4.79 Å². The van der Waals surface area contributed by atoms with Gasteiger partial charge in [-0.2, -0.15) is 0 Å². The first-order valence-electron chi connectivity index (χ1n) is 8.90. The van der Waals surface area contributed by atoms with Gasteiger partial charge in [0.05, 0.1) is 10.2 Å². The third-order valence-electron chi connectivity index (χ3n) is 4.73. The zero-order valence-corrected chi connectivity index (χ0v) is 15.8. The largest absolute Gasteiger partial charge is 0.351 e. The number of piperazine rings is 1. The van der Waals surface area contributed by atoms with Gasteiger partial charge in [-0.15, -0.1) is 11.3 Å². The van der Waals surface area contributed by atoms with E-state index in [2.05, 4.69) is 34.1 Å². The maximum atomic E-state index is 12.1. The molecule has 5 nitrogen and oxygen atoms in total. The highest BCUT2D eigenvalue weighted by Gasteiger charge is 2.21. The van der Waals surface area contributed by atoms with E-state index in [1.807, 2.05) is 24.3 Å². The van der Waals surface area contributed by atoms with Crippen LogP contribution in [0.2, 0.25) is 0 Å². The summed E-state index contributed by atoms with van der Waals surface area (Å²) in [5.74, 6) is -0.0492. The van der Waals surface area contributed by atoms with Crippen molar-refractivity contribution in [1.29, 1.82) is 0 Å². The molecule has 0 saturated carbocycles. The summed E-state index contributed by atoms with van der Waals surface area (Å²) >= 11 is 1.60. The second kappa shape index (κ2) is 8.56.